The molecule has 4 rings (SSSR count). The fourth-order valence-corrected chi connectivity index (χ4v) is 3.72. The molecule has 1 aliphatic rings. The van der Waals surface area contributed by atoms with Crippen molar-refractivity contribution in [2.75, 3.05) is 13.7 Å². The molecule has 2 aromatic carbocycles. The van der Waals surface area contributed by atoms with Crippen LogP contribution in [-0.2, 0) is 22.6 Å². The summed E-state index contributed by atoms with van der Waals surface area (Å²) in [7, 11) is 1.62. The number of rotatable bonds is 8. The monoisotopic (exact) mass is 420 g/mol. The third kappa shape index (κ3) is 4.53. The van der Waals surface area contributed by atoms with Crippen molar-refractivity contribution in [2.24, 2.45) is 0 Å². The molecule has 8 nitrogen and oxygen atoms in total. The Morgan fingerprint density at radius 1 is 1.16 bits per heavy atom. The molecule has 1 saturated heterocycles. The molecule has 2 heterocycles. The van der Waals surface area contributed by atoms with Gasteiger partial charge in [-0.25, -0.2) is 4.79 Å². The highest BCUT2D eigenvalue weighted by Gasteiger charge is 2.38. The summed E-state index contributed by atoms with van der Waals surface area (Å²) in [5.74, 6) is 0.110. The lowest BCUT2D eigenvalue weighted by atomic mass is 10.1. The Kier molecular flexibility index (Phi) is 5.88. The lowest BCUT2D eigenvalue weighted by Crippen LogP contribution is -2.37. The molecule has 0 radical (unpaired) electrons. The van der Waals surface area contributed by atoms with Gasteiger partial charge in [0.25, 0.3) is 5.91 Å². The molecule has 160 valence electrons. The average molecular weight is 420 g/mol. The van der Waals surface area contributed by atoms with E-state index in [-0.39, 0.29) is 24.8 Å². The fourth-order valence-electron chi connectivity index (χ4n) is 3.72. The Hall–Kier alpha value is -3.81. The van der Waals surface area contributed by atoms with Crippen LogP contribution in [0.1, 0.15) is 17.5 Å². The molecule has 0 saturated carbocycles. The Morgan fingerprint density at radius 2 is 1.97 bits per heavy atom. The van der Waals surface area contributed by atoms with E-state index in [2.05, 4.69) is 15.6 Å². The summed E-state index contributed by atoms with van der Waals surface area (Å²) in [4.78, 5) is 41.4. The number of carbonyl (C=O) groups is 3. The lowest BCUT2D eigenvalue weighted by molar-refractivity contribution is -0.131. The first-order valence-corrected chi connectivity index (χ1v) is 10.1. The van der Waals surface area contributed by atoms with Gasteiger partial charge in [-0.3, -0.25) is 14.5 Å². The molecule has 0 bridgehead atoms. The van der Waals surface area contributed by atoms with E-state index in [1.165, 1.54) is 0 Å². The predicted octanol–water partition coefficient (Wildman–Crippen LogP) is 2.35. The summed E-state index contributed by atoms with van der Waals surface area (Å²) < 4.78 is 5.27. The highest BCUT2D eigenvalue weighted by atomic mass is 16.5. The Balaban J connectivity index is 1.29. The predicted molar refractivity (Wildman–Crippen MR) is 115 cm³/mol. The van der Waals surface area contributed by atoms with Crippen LogP contribution < -0.4 is 15.4 Å². The summed E-state index contributed by atoms with van der Waals surface area (Å²) in [6, 6.07) is 13.7. The summed E-state index contributed by atoms with van der Waals surface area (Å²) in [5, 5.41) is 6.48. The van der Waals surface area contributed by atoms with Gasteiger partial charge in [-0.1, -0.05) is 30.3 Å². The van der Waals surface area contributed by atoms with Crippen molar-refractivity contribution in [3.8, 4) is 5.75 Å². The van der Waals surface area contributed by atoms with Crippen molar-refractivity contribution in [1.82, 2.24) is 20.5 Å². The smallest absolute Gasteiger partial charge is 0.325 e. The van der Waals surface area contributed by atoms with Gasteiger partial charge in [0, 0.05) is 23.6 Å². The van der Waals surface area contributed by atoms with Gasteiger partial charge < -0.3 is 20.4 Å². The highest BCUT2D eigenvalue weighted by molar-refractivity contribution is 6.05. The largest absolute Gasteiger partial charge is 0.497 e. The van der Waals surface area contributed by atoms with Crippen molar-refractivity contribution < 1.29 is 19.1 Å². The maximum Gasteiger partial charge on any atom is 0.325 e. The lowest BCUT2D eigenvalue weighted by Gasteiger charge is -2.13. The Bertz CT molecular complexity index is 1110. The van der Waals surface area contributed by atoms with Crippen molar-refractivity contribution in [3.05, 3.63) is 65.9 Å². The first-order valence-electron chi connectivity index (χ1n) is 10.1. The number of ether oxygens (including phenoxy) is 1. The number of nitrogens with zero attached hydrogens (tertiary/aromatic N) is 1. The number of benzene rings is 2. The van der Waals surface area contributed by atoms with Gasteiger partial charge in [0.05, 0.1) is 20.1 Å². The number of hydrogen-bond donors (Lipinski definition) is 3. The number of nitrogens with one attached hydrogen (secondary N) is 3. The summed E-state index contributed by atoms with van der Waals surface area (Å²) in [6.45, 7) is 0.610. The molecule has 1 atom stereocenters. The van der Waals surface area contributed by atoms with Crippen molar-refractivity contribution in [3.63, 3.8) is 0 Å². The van der Waals surface area contributed by atoms with Crippen LogP contribution in [0, 0.1) is 0 Å². The van der Waals surface area contributed by atoms with E-state index in [9.17, 15) is 14.4 Å². The van der Waals surface area contributed by atoms with Crippen LogP contribution in [0.2, 0.25) is 0 Å². The van der Waals surface area contributed by atoms with E-state index in [1.54, 1.807) is 7.11 Å². The van der Waals surface area contributed by atoms with Crippen LogP contribution in [0.15, 0.2) is 54.7 Å². The second-order valence-electron chi connectivity index (χ2n) is 7.44. The van der Waals surface area contributed by atoms with Gasteiger partial charge in [0.1, 0.15) is 11.8 Å². The Labute approximate surface area is 179 Å². The number of urea groups is 1. The SMILES string of the molecule is COc1ccc2[nH]cc(CCNC(=O)CC3NC(=O)N(Cc4ccccc4)C3=O)c2c1. The molecule has 1 fully saturated rings. The van der Waals surface area contributed by atoms with Gasteiger partial charge in [0.2, 0.25) is 5.91 Å². The number of carbonyl (C=O) groups excluding carboxylic acids is 3. The highest BCUT2D eigenvalue weighted by Crippen LogP contribution is 2.23. The summed E-state index contributed by atoms with van der Waals surface area (Å²) in [6.07, 6.45) is 2.46. The van der Waals surface area contributed by atoms with E-state index in [0.29, 0.717) is 13.0 Å². The standard InChI is InChI=1S/C23H24N4O4/c1-31-17-7-8-19-18(11-17)16(13-25-19)9-10-24-21(28)12-20-22(29)27(23(30)26-20)14-15-5-3-2-4-6-15/h2-8,11,13,20,25H,9-10,12,14H2,1H3,(H,24,28)(H,26,30). The van der Waals surface area contributed by atoms with Crippen LogP contribution in [0.25, 0.3) is 10.9 Å². The van der Waals surface area contributed by atoms with E-state index in [4.69, 9.17) is 4.74 Å². The minimum atomic E-state index is -0.839. The molecule has 3 N–H and O–H groups in total. The second-order valence-corrected chi connectivity index (χ2v) is 7.44. The molecule has 3 aromatic rings. The summed E-state index contributed by atoms with van der Waals surface area (Å²) >= 11 is 0. The van der Waals surface area contributed by atoms with Gasteiger partial charge >= 0.3 is 6.03 Å². The quantitative estimate of drug-likeness (QED) is 0.487. The molecule has 0 spiro atoms. The number of fused-ring (bicyclic) bond motifs is 1. The molecule has 0 aliphatic carbocycles. The van der Waals surface area contributed by atoms with Crippen LogP contribution >= 0.6 is 0 Å². The maximum absolute atomic E-state index is 12.6. The topological polar surface area (TPSA) is 104 Å². The van der Waals surface area contributed by atoms with E-state index < -0.39 is 12.1 Å². The molecule has 1 aromatic heterocycles. The molecular weight excluding hydrogens is 396 g/mol. The molecule has 8 heteroatoms. The van der Waals surface area contributed by atoms with Crippen molar-refractivity contribution >= 4 is 28.7 Å². The molecular formula is C23H24N4O4. The van der Waals surface area contributed by atoms with Gasteiger partial charge in [0.15, 0.2) is 0 Å². The first-order chi connectivity index (χ1) is 15.0. The number of imide groups is 1. The minimum absolute atomic E-state index is 0.0857. The van der Waals surface area contributed by atoms with E-state index >= 15 is 0 Å². The fraction of sp³-hybridized carbons (Fsp3) is 0.261. The van der Waals surface area contributed by atoms with Gasteiger partial charge in [-0.15, -0.1) is 0 Å². The zero-order chi connectivity index (χ0) is 21.8. The van der Waals surface area contributed by atoms with E-state index in [1.807, 2.05) is 54.7 Å². The molecule has 31 heavy (non-hydrogen) atoms. The van der Waals surface area contributed by atoms with Gasteiger partial charge in [-0.2, -0.15) is 0 Å². The summed E-state index contributed by atoms with van der Waals surface area (Å²) in [5.41, 5.74) is 2.92. The second kappa shape index (κ2) is 8.91. The van der Waals surface area contributed by atoms with Crippen LogP contribution in [-0.4, -0.2) is 47.4 Å². The van der Waals surface area contributed by atoms with Crippen molar-refractivity contribution in [1.29, 1.82) is 0 Å². The maximum atomic E-state index is 12.6. The zero-order valence-electron chi connectivity index (χ0n) is 17.2. The van der Waals surface area contributed by atoms with Crippen LogP contribution in [0.4, 0.5) is 4.79 Å². The minimum Gasteiger partial charge on any atom is -0.497 e. The first kappa shape index (κ1) is 20.5. The molecule has 4 amide bonds. The molecule has 1 aliphatic heterocycles. The van der Waals surface area contributed by atoms with Crippen LogP contribution in [0.5, 0.6) is 5.75 Å². The average Bonchev–Trinajstić information content (AvgIpc) is 3.30. The van der Waals surface area contributed by atoms with E-state index in [0.717, 1.165) is 32.7 Å². The van der Waals surface area contributed by atoms with Crippen LogP contribution in [0.3, 0.4) is 0 Å². The third-order valence-corrected chi connectivity index (χ3v) is 5.37. The van der Waals surface area contributed by atoms with Crippen molar-refractivity contribution in [2.45, 2.75) is 25.4 Å². The third-order valence-electron chi connectivity index (χ3n) is 5.37. The zero-order valence-corrected chi connectivity index (χ0v) is 17.2. The number of aromatic nitrogens is 1. The normalized spacial score (nSPS) is 15.9. The Morgan fingerprint density at radius 3 is 2.74 bits per heavy atom. The number of H-pyrrole nitrogens is 1. The molecule has 1 unspecified atom stereocenters. The number of methoxy groups -OCH3 is 1. The number of aromatic amines is 1. The van der Waals surface area contributed by atoms with Gasteiger partial charge in [-0.05, 0) is 35.7 Å². The number of hydrogen-bond acceptors (Lipinski definition) is 4. The number of amides is 4.